The van der Waals surface area contributed by atoms with E-state index in [2.05, 4.69) is 5.32 Å². The molecule has 1 rings (SSSR count). The molecule has 18 heavy (non-hydrogen) atoms. The number of nitrogens with one attached hydrogen (secondary N) is 1. The second-order valence-electron chi connectivity index (χ2n) is 4.27. The first-order valence-electron chi connectivity index (χ1n) is 6.18. The largest absolute Gasteiger partial charge is 0.497 e. The predicted molar refractivity (Wildman–Crippen MR) is 71.0 cm³/mol. The van der Waals surface area contributed by atoms with Gasteiger partial charge in [0.15, 0.2) is 0 Å². The summed E-state index contributed by atoms with van der Waals surface area (Å²) >= 11 is 0. The molecular formula is C14H21NO3. The number of hydrogen-bond donors (Lipinski definition) is 2. The van der Waals surface area contributed by atoms with Crippen molar-refractivity contribution in [2.24, 2.45) is 0 Å². The topological polar surface area (TPSA) is 58.6 Å². The third-order valence-electron chi connectivity index (χ3n) is 2.98. The number of hydrogen-bond acceptors (Lipinski definition) is 3. The molecule has 0 bridgehead atoms. The minimum absolute atomic E-state index is 0.0176. The number of amides is 1. The first kappa shape index (κ1) is 14.5. The van der Waals surface area contributed by atoms with E-state index >= 15 is 0 Å². The van der Waals surface area contributed by atoms with E-state index in [0.717, 1.165) is 17.7 Å². The Morgan fingerprint density at radius 2 is 2.22 bits per heavy atom. The Bertz CT molecular complexity index is 404. The van der Waals surface area contributed by atoms with Gasteiger partial charge in [-0.15, -0.1) is 0 Å². The van der Waals surface area contributed by atoms with Gasteiger partial charge in [0.05, 0.1) is 7.11 Å². The van der Waals surface area contributed by atoms with E-state index in [1.165, 1.54) is 0 Å². The molecule has 4 heteroatoms. The van der Waals surface area contributed by atoms with Crippen LogP contribution in [0, 0.1) is 6.92 Å². The zero-order valence-corrected chi connectivity index (χ0v) is 11.2. The van der Waals surface area contributed by atoms with Crippen LogP contribution in [0.3, 0.4) is 0 Å². The molecule has 0 radical (unpaired) electrons. The maximum atomic E-state index is 12.1. The van der Waals surface area contributed by atoms with Crippen molar-refractivity contribution in [3.63, 3.8) is 0 Å². The van der Waals surface area contributed by atoms with E-state index in [0.29, 0.717) is 12.0 Å². The zero-order valence-electron chi connectivity index (χ0n) is 11.2. The van der Waals surface area contributed by atoms with Gasteiger partial charge in [-0.05, 0) is 43.5 Å². The number of rotatable bonds is 6. The van der Waals surface area contributed by atoms with Crippen LogP contribution in [-0.4, -0.2) is 30.8 Å². The SMILES string of the molecule is CCC(CCO)NC(=O)c1ccc(OC)cc1C. The highest BCUT2D eigenvalue weighted by Gasteiger charge is 2.13. The van der Waals surface area contributed by atoms with Crippen molar-refractivity contribution in [3.05, 3.63) is 29.3 Å². The Morgan fingerprint density at radius 3 is 2.72 bits per heavy atom. The molecule has 0 saturated carbocycles. The second-order valence-corrected chi connectivity index (χ2v) is 4.27. The lowest BCUT2D eigenvalue weighted by atomic mass is 10.1. The lowest BCUT2D eigenvalue weighted by Gasteiger charge is -2.16. The van der Waals surface area contributed by atoms with Crippen molar-refractivity contribution in [1.82, 2.24) is 5.32 Å². The summed E-state index contributed by atoms with van der Waals surface area (Å²) in [5.74, 6) is 0.641. The fraction of sp³-hybridized carbons (Fsp3) is 0.500. The lowest BCUT2D eigenvalue weighted by Crippen LogP contribution is -2.35. The number of carbonyl (C=O) groups is 1. The van der Waals surface area contributed by atoms with Crippen LogP contribution < -0.4 is 10.1 Å². The quantitative estimate of drug-likeness (QED) is 0.811. The Kier molecular flexibility index (Phi) is 5.65. The van der Waals surface area contributed by atoms with Crippen LogP contribution in [0.15, 0.2) is 18.2 Å². The molecule has 0 saturated heterocycles. The van der Waals surface area contributed by atoms with E-state index in [1.807, 2.05) is 19.9 Å². The Hall–Kier alpha value is -1.55. The maximum absolute atomic E-state index is 12.1. The van der Waals surface area contributed by atoms with Gasteiger partial charge in [-0.1, -0.05) is 6.92 Å². The summed E-state index contributed by atoms with van der Waals surface area (Å²) < 4.78 is 5.11. The zero-order chi connectivity index (χ0) is 13.5. The van der Waals surface area contributed by atoms with Gasteiger partial charge in [-0.3, -0.25) is 4.79 Å². The Balaban J connectivity index is 2.77. The fourth-order valence-electron chi connectivity index (χ4n) is 1.82. The summed E-state index contributed by atoms with van der Waals surface area (Å²) in [7, 11) is 1.60. The Morgan fingerprint density at radius 1 is 1.50 bits per heavy atom. The Labute approximate surface area is 108 Å². The minimum atomic E-state index is -0.101. The van der Waals surface area contributed by atoms with E-state index < -0.39 is 0 Å². The highest BCUT2D eigenvalue weighted by molar-refractivity contribution is 5.95. The first-order chi connectivity index (χ1) is 8.62. The second kappa shape index (κ2) is 7.01. The average Bonchev–Trinajstić information content (AvgIpc) is 2.37. The molecule has 1 unspecified atom stereocenters. The van der Waals surface area contributed by atoms with Crippen molar-refractivity contribution in [2.75, 3.05) is 13.7 Å². The molecule has 0 fully saturated rings. The molecule has 0 spiro atoms. The summed E-state index contributed by atoms with van der Waals surface area (Å²) in [6.45, 7) is 3.95. The van der Waals surface area contributed by atoms with Crippen LogP contribution in [-0.2, 0) is 0 Å². The van der Waals surface area contributed by atoms with Crippen molar-refractivity contribution in [3.8, 4) is 5.75 Å². The molecule has 0 heterocycles. The van der Waals surface area contributed by atoms with Gasteiger partial charge in [0.25, 0.3) is 5.91 Å². The third-order valence-corrected chi connectivity index (χ3v) is 2.98. The predicted octanol–water partition coefficient (Wildman–Crippen LogP) is 1.89. The summed E-state index contributed by atoms with van der Waals surface area (Å²) in [6.07, 6.45) is 1.39. The fourth-order valence-corrected chi connectivity index (χ4v) is 1.82. The van der Waals surface area contributed by atoms with E-state index in [1.54, 1.807) is 19.2 Å². The van der Waals surface area contributed by atoms with Crippen molar-refractivity contribution in [2.45, 2.75) is 32.7 Å². The average molecular weight is 251 g/mol. The molecule has 1 atom stereocenters. The van der Waals surface area contributed by atoms with Crippen LogP contribution in [0.5, 0.6) is 5.75 Å². The van der Waals surface area contributed by atoms with E-state index in [-0.39, 0.29) is 18.6 Å². The number of benzene rings is 1. The van der Waals surface area contributed by atoms with Crippen molar-refractivity contribution in [1.29, 1.82) is 0 Å². The monoisotopic (exact) mass is 251 g/mol. The van der Waals surface area contributed by atoms with E-state index in [9.17, 15) is 4.79 Å². The molecule has 4 nitrogen and oxygen atoms in total. The van der Waals surface area contributed by atoms with Gasteiger partial charge in [0.1, 0.15) is 5.75 Å². The van der Waals surface area contributed by atoms with Crippen LogP contribution in [0.1, 0.15) is 35.7 Å². The van der Waals surface area contributed by atoms with Crippen LogP contribution in [0.2, 0.25) is 0 Å². The van der Waals surface area contributed by atoms with Gasteiger partial charge in [0, 0.05) is 18.2 Å². The number of aliphatic hydroxyl groups excluding tert-OH is 1. The number of aryl methyl sites for hydroxylation is 1. The van der Waals surface area contributed by atoms with Crippen LogP contribution in [0.25, 0.3) is 0 Å². The van der Waals surface area contributed by atoms with Gasteiger partial charge in [-0.2, -0.15) is 0 Å². The van der Waals surface area contributed by atoms with Crippen LogP contribution >= 0.6 is 0 Å². The van der Waals surface area contributed by atoms with Crippen molar-refractivity contribution < 1.29 is 14.6 Å². The smallest absolute Gasteiger partial charge is 0.251 e. The number of aliphatic hydroxyl groups is 1. The molecule has 1 aromatic carbocycles. The molecule has 1 aromatic rings. The van der Waals surface area contributed by atoms with Crippen molar-refractivity contribution >= 4 is 5.91 Å². The maximum Gasteiger partial charge on any atom is 0.251 e. The molecule has 100 valence electrons. The number of ether oxygens (including phenoxy) is 1. The summed E-state index contributed by atoms with van der Waals surface area (Å²) in [5, 5.41) is 11.8. The van der Waals surface area contributed by atoms with Crippen LogP contribution in [0.4, 0.5) is 0 Å². The molecule has 0 aliphatic heterocycles. The van der Waals surface area contributed by atoms with Gasteiger partial charge in [0.2, 0.25) is 0 Å². The summed E-state index contributed by atoms with van der Waals surface area (Å²) in [4.78, 5) is 12.1. The highest BCUT2D eigenvalue weighted by atomic mass is 16.5. The standard InChI is InChI=1S/C14H21NO3/c1-4-11(7-8-16)15-14(17)13-6-5-12(18-3)9-10(13)2/h5-6,9,11,16H,4,7-8H2,1-3H3,(H,15,17). The number of carbonyl (C=O) groups excluding carboxylic acids is 1. The molecule has 0 aliphatic carbocycles. The lowest BCUT2D eigenvalue weighted by molar-refractivity contribution is 0.0928. The molecule has 1 amide bonds. The summed E-state index contributed by atoms with van der Waals surface area (Å²) in [6, 6.07) is 5.38. The summed E-state index contributed by atoms with van der Waals surface area (Å²) in [5.41, 5.74) is 1.53. The van der Waals surface area contributed by atoms with Gasteiger partial charge >= 0.3 is 0 Å². The number of methoxy groups -OCH3 is 1. The molecule has 0 aliphatic rings. The van der Waals surface area contributed by atoms with Gasteiger partial charge < -0.3 is 15.2 Å². The molecule has 2 N–H and O–H groups in total. The normalized spacial score (nSPS) is 12.0. The van der Waals surface area contributed by atoms with E-state index in [4.69, 9.17) is 9.84 Å². The molecular weight excluding hydrogens is 230 g/mol. The first-order valence-corrected chi connectivity index (χ1v) is 6.18. The molecule has 0 aromatic heterocycles. The third kappa shape index (κ3) is 3.74. The van der Waals surface area contributed by atoms with Gasteiger partial charge in [-0.25, -0.2) is 0 Å². The highest BCUT2D eigenvalue weighted by Crippen LogP contribution is 2.17. The minimum Gasteiger partial charge on any atom is -0.497 e.